The van der Waals surface area contributed by atoms with Gasteiger partial charge in [0, 0.05) is 16.3 Å². The Morgan fingerprint density at radius 3 is 2.46 bits per heavy atom. The number of anilines is 1. The SMILES string of the molecule is C[C@@H](NC(=O)Cc1c(F)cccc1Cl)c1ccc(NC(N)=O)cc1. The zero-order valence-corrected chi connectivity index (χ0v) is 13.7. The van der Waals surface area contributed by atoms with Crippen LogP contribution in [0.4, 0.5) is 14.9 Å². The van der Waals surface area contributed by atoms with Gasteiger partial charge < -0.3 is 16.4 Å². The largest absolute Gasteiger partial charge is 0.351 e. The van der Waals surface area contributed by atoms with Crippen LogP contribution in [0.5, 0.6) is 0 Å². The number of hydrogen-bond acceptors (Lipinski definition) is 2. The van der Waals surface area contributed by atoms with Gasteiger partial charge in [0.2, 0.25) is 5.91 Å². The van der Waals surface area contributed by atoms with Crippen molar-refractivity contribution in [1.82, 2.24) is 5.32 Å². The zero-order chi connectivity index (χ0) is 17.7. The van der Waals surface area contributed by atoms with Crippen molar-refractivity contribution in [3.63, 3.8) is 0 Å². The topological polar surface area (TPSA) is 84.2 Å². The molecule has 4 N–H and O–H groups in total. The van der Waals surface area contributed by atoms with E-state index in [0.29, 0.717) is 5.69 Å². The second-order valence-corrected chi connectivity index (χ2v) is 5.68. The summed E-state index contributed by atoms with van der Waals surface area (Å²) in [5.74, 6) is -0.846. The van der Waals surface area contributed by atoms with Crippen molar-refractivity contribution < 1.29 is 14.0 Å². The van der Waals surface area contributed by atoms with E-state index >= 15 is 0 Å². The van der Waals surface area contributed by atoms with Crippen LogP contribution in [0.2, 0.25) is 5.02 Å². The van der Waals surface area contributed by atoms with Gasteiger partial charge in [-0.1, -0.05) is 29.8 Å². The first-order valence-electron chi connectivity index (χ1n) is 7.25. The van der Waals surface area contributed by atoms with Crippen LogP contribution >= 0.6 is 11.6 Å². The fraction of sp³-hybridized carbons (Fsp3) is 0.176. The third kappa shape index (κ3) is 4.70. The van der Waals surface area contributed by atoms with E-state index in [1.807, 2.05) is 0 Å². The first-order valence-corrected chi connectivity index (χ1v) is 7.63. The molecule has 0 saturated carbocycles. The molecule has 2 rings (SSSR count). The molecule has 5 nitrogen and oxygen atoms in total. The van der Waals surface area contributed by atoms with E-state index in [1.54, 1.807) is 37.3 Å². The third-order valence-electron chi connectivity index (χ3n) is 3.45. The first-order chi connectivity index (χ1) is 11.4. The number of nitrogens with two attached hydrogens (primary N) is 1. The Morgan fingerprint density at radius 2 is 1.88 bits per heavy atom. The quantitative estimate of drug-likeness (QED) is 0.773. The third-order valence-corrected chi connectivity index (χ3v) is 3.81. The highest BCUT2D eigenvalue weighted by Gasteiger charge is 2.14. The Hall–Kier alpha value is -2.60. The number of carbonyl (C=O) groups is 2. The van der Waals surface area contributed by atoms with Crippen LogP contribution in [-0.4, -0.2) is 11.9 Å². The minimum atomic E-state index is -0.647. The number of nitrogens with one attached hydrogen (secondary N) is 2. The summed E-state index contributed by atoms with van der Waals surface area (Å²) in [6.07, 6.45) is -0.142. The van der Waals surface area contributed by atoms with Crippen LogP contribution in [0.15, 0.2) is 42.5 Å². The average molecular weight is 350 g/mol. The number of amides is 3. The maximum atomic E-state index is 13.7. The second kappa shape index (κ2) is 7.79. The number of urea groups is 1. The molecule has 0 aliphatic heterocycles. The molecule has 1 atom stereocenters. The van der Waals surface area contributed by atoms with Gasteiger partial charge in [-0.25, -0.2) is 9.18 Å². The van der Waals surface area contributed by atoms with Crippen molar-refractivity contribution in [1.29, 1.82) is 0 Å². The number of carbonyl (C=O) groups excluding carboxylic acids is 2. The maximum Gasteiger partial charge on any atom is 0.316 e. The van der Waals surface area contributed by atoms with Crippen LogP contribution in [-0.2, 0) is 11.2 Å². The lowest BCUT2D eigenvalue weighted by molar-refractivity contribution is -0.121. The summed E-state index contributed by atoms with van der Waals surface area (Å²) in [6.45, 7) is 1.80. The molecular formula is C17H17ClFN3O2. The summed E-state index contributed by atoms with van der Waals surface area (Å²) in [7, 11) is 0. The molecule has 0 aliphatic rings. The van der Waals surface area contributed by atoms with E-state index in [-0.39, 0.29) is 29.0 Å². The van der Waals surface area contributed by atoms with Gasteiger partial charge in [0.05, 0.1) is 12.5 Å². The van der Waals surface area contributed by atoms with Crippen LogP contribution in [0.3, 0.4) is 0 Å². The lowest BCUT2D eigenvalue weighted by atomic mass is 10.1. The lowest BCUT2D eigenvalue weighted by Crippen LogP contribution is -2.28. The molecule has 0 heterocycles. The second-order valence-electron chi connectivity index (χ2n) is 5.28. The number of primary amides is 1. The molecule has 0 unspecified atom stereocenters. The minimum absolute atomic E-state index is 0.142. The average Bonchev–Trinajstić information content (AvgIpc) is 2.51. The zero-order valence-electron chi connectivity index (χ0n) is 13.0. The highest BCUT2D eigenvalue weighted by molar-refractivity contribution is 6.31. The predicted molar refractivity (Wildman–Crippen MR) is 91.3 cm³/mol. The molecule has 3 amide bonds. The first kappa shape index (κ1) is 17.7. The summed E-state index contributed by atoms with van der Waals surface area (Å²) < 4.78 is 13.7. The normalized spacial score (nSPS) is 11.6. The van der Waals surface area contributed by atoms with Crippen LogP contribution < -0.4 is 16.4 Å². The Kier molecular flexibility index (Phi) is 5.76. The van der Waals surface area contributed by atoms with E-state index in [4.69, 9.17) is 17.3 Å². The molecule has 2 aromatic rings. The summed E-state index contributed by atoms with van der Waals surface area (Å²) in [4.78, 5) is 22.9. The van der Waals surface area contributed by atoms with Gasteiger partial charge in [0.15, 0.2) is 0 Å². The number of rotatable bonds is 5. The van der Waals surface area contributed by atoms with Crippen molar-refractivity contribution in [2.24, 2.45) is 5.73 Å². The number of benzene rings is 2. The van der Waals surface area contributed by atoms with E-state index in [0.717, 1.165) is 5.56 Å². The maximum absolute atomic E-state index is 13.7. The molecule has 0 spiro atoms. The molecule has 0 bridgehead atoms. The fourth-order valence-electron chi connectivity index (χ4n) is 2.24. The Balaban J connectivity index is 1.99. The molecular weight excluding hydrogens is 333 g/mol. The van der Waals surface area contributed by atoms with Crippen LogP contribution in [0, 0.1) is 5.82 Å². The molecule has 0 saturated heterocycles. The molecule has 126 valence electrons. The molecule has 0 radical (unpaired) electrons. The van der Waals surface area contributed by atoms with Crippen LogP contribution in [0.1, 0.15) is 24.1 Å². The molecule has 0 aromatic heterocycles. The van der Waals surface area contributed by atoms with Crippen molar-refractivity contribution in [2.75, 3.05) is 5.32 Å². The Morgan fingerprint density at radius 1 is 1.21 bits per heavy atom. The molecule has 0 fully saturated rings. The van der Waals surface area contributed by atoms with Gasteiger partial charge in [0.1, 0.15) is 5.82 Å². The van der Waals surface area contributed by atoms with E-state index in [1.165, 1.54) is 12.1 Å². The van der Waals surface area contributed by atoms with E-state index in [9.17, 15) is 14.0 Å². The van der Waals surface area contributed by atoms with Gasteiger partial charge in [-0.05, 0) is 36.8 Å². The van der Waals surface area contributed by atoms with Gasteiger partial charge >= 0.3 is 6.03 Å². The van der Waals surface area contributed by atoms with Gasteiger partial charge in [-0.15, -0.1) is 0 Å². The Bertz CT molecular complexity index is 730. The highest BCUT2D eigenvalue weighted by atomic mass is 35.5. The van der Waals surface area contributed by atoms with E-state index in [2.05, 4.69) is 10.6 Å². The lowest BCUT2D eigenvalue weighted by Gasteiger charge is -2.15. The summed E-state index contributed by atoms with van der Waals surface area (Å²) in [5, 5.41) is 5.46. The van der Waals surface area contributed by atoms with Gasteiger partial charge in [-0.2, -0.15) is 0 Å². The van der Waals surface area contributed by atoms with Crippen LogP contribution in [0.25, 0.3) is 0 Å². The highest BCUT2D eigenvalue weighted by Crippen LogP contribution is 2.20. The monoisotopic (exact) mass is 349 g/mol. The summed E-state index contributed by atoms with van der Waals surface area (Å²) in [5.41, 5.74) is 6.60. The minimum Gasteiger partial charge on any atom is -0.351 e. The molecule has 24 heavy (non-hydrogen) atoms. The molecule has 0 aliphatic carbocycles. The smallest absolute Gasteiger partial charge is 0.316 e. The predicted octanol–water partition coefficient (Wildman–Crippen LogP) is 3.39. The summed E-state index contributed by atoms with van der Waals surface area (Å²) >= 11 is 5.92. The number of halogens is 2. The van der Waals surface area contributed by atoms with Crippen molar-refractivity contribution in [2.45, 2.75) is 19.4 Å². The van der Waals surface area contributed by atoms with Gasteiger partial charge in [-0.3, -0.25) is 4.79 Å². The number of hydrogen-bond donors (Lipinski definition) is 3. The van der Waals surface area contributed by atoms with E-state index < -0.39 is 11.8 Å². The molecule has 2 aromatic carbocycles. The van der Waals surface area contributed by atoms with Crippen molar-refractivity contribution in [3.8, 4) is 0 Å². The molecule has 7 heteroatoms. The summed E-state index contributed by atoms with van der Waals surface area (Å²) in [6, 6.07) is 10.2. The van der Waals surface area contributed by atoms with Gasteiger partial charge in [0.25, 0.3) is 0 Å². The Labute approximate surface area is 144 Å². The standard InChI is InChI=1S/C17H17ClFN3O2/c1-10(11-5-7-12(8-6-11)22-17(20)24)21-16(23)9-13-14(18)3-2-4-15(13)19/h2-8,10H,9H2,1H3,(H,21,23)(H3,20,22,24)/t10-/m1/s1. The van der Waals surface area contributed by atoms with Crippen molar-refractivity contribution >= 4 is 29.2 Å². The fourth-order valence-corrected chi connectivity index (χ4v) is 2.46. The van der Waals surface area contributed by atoms with Crippen molar-refractivity contribution in [3.05, 3.63) is 64.4 Å².